The van der Waals surface area contributed by atoms with Gasteiger partial charge in [-0.3, -0.25) is 0 Å². The van der Waals surface area contributed by atoms with Crippen LogP contribution in [0.4, 0.5) is 5.82 Å². The molecule has 1 atom stereocenters. The molecule has 0 aliphatic carbocycles. The minimum atomic E-state index is 0.278. The number of thioether (sulfide) groups is 1. The van der Waals surface area contributed by atoms with Gasteiger partial charge in [0.05, 0.1) is 4.47 Å². The molecule has 0 bridgehead atoms. The molecule has 2 heterocycles. The van der Waals surface area contributed by atoms with Gasteiger partial charge in [-0.25, -0.2) is 4.98 Å². The number of nitrogens with one attached hydrogen (secondary N) is 1. The second-order valence-electron chi connectivity index (χ2n) is 3.35. The second kappa shape index (κ2) is 5.37. The van der Waals surface area contributed by atoms with E-state index in [9.17, 15) is 0 Å². The van der Waals surface area contributed by atoms with Crippen LogP contribution in [-0.2, 0) is 0 Å². The zero-order valence-corrected chi connectivity index (χ0v) is 11.2. The van der Waals surface area contributed by atoms with Crippen molar-refractivity contribution in [2.24, 2.45) is 0 Å². The highest BCUT2D eigenvalue weighted by Crippen LogP contribution is 2.27. The second-order valence-corrected chi connectivity index (χ2v) is 5.95. The first-order chi connectivity index (χ1) is 7.25. The fraction of sp³-hybridized carbons (Fsp3) is 0.556. The normalized spacial score (nSPS) is 20.5. The number of anilines is 1. The van der Waals surface area contributed by atoms with E-state index in [1.54, 1.807) is 6.20 Å². The Bertz CT molecular complexity index is 344. The lowest BCUT2D eigenvalue weighted by Crippen LogP contribution is -2.14. The molecule has 3 nitrogen and oxygen atoms in total. The van der Waals surface area contributed by atoms with Gasteiger partial charge in [0.25, 0.3) is 0 Å². The minimum absolute atomic E-state index is 0.278. The molecule has 1 aliphatic rings. The van der Waals surface area contributed by atoms with Gasteiger partial charge in [0.1, 0.15) is 5.82 Å². The van der Waals surface area contributed by atoms with Gasteiger partial charge in [0.2, 0.25) is 5.28 Å². The Hall–Kier alpha value is -0.000000000000000111. The summed E-state index contributed by atoms with van der Waals surface area (Å²) in [5.74, 6) is 2.06. The summed E-state index contributed by atoms with van der Waals surface area (Å²) >= 11 is 11.1. The SMILES string of the molecule is Clc1ncc(Br)c(NCC2CCCS2)n1. The number of aromatic nitrogens is 2. The Labute approximate surface area is 107 Å². The average Bonchev–Trinajstić information content (AvgIpc) is 2.72. The molecule has 0 aromatic carbocycles. The monoisotopic (exact) mass is 307 g/mol. The molecule has 1 fully saturated rings. The first-order valence-corrected chi connectivity index (χ1v) is 7.01. The maximum atomic E-state index is 5.72. The summed E-state index contributed by atoms with van der Waals surface area (Å²) in [6.07, 6.45) is 4.27. The van der Waals surface area contributed by atoms with Crippen molar-refractivity contribution in [1.29, 1.82) is 0 Å². The van der Waals surface area contributed by atoms with Gasteiger partial charge in [-0.05, 0) is 46.1 Å². The topological polar surface area (TPSA) is 37.8 Å². The summed E-state index contributed by atoms with van der Waals surface area (Å²) in [5, 5.41) is 4.27. The standard InChI is InChI=1S/C9H11BrClN3S/c10-7-5-13-9(11)14-8(7)12-4-6-2-1-3-15-6/h5-6H,1-4H2,(H,12,13,14). The molecule has 82 valence electrons. The fourth-order valence-electron chi connectivity index (χ4n) is 1.49. The van der Waals surface area contributed by atoms with E-state index in [1.165, 1.54) is 18.6 Å². The van der Waals surface area contributed by atoms with Crippen LogP contribution < -0.4 is 5.32 Å². The lowest BCUT2D eigenvalue weighted by molar-refractivity contribution is 0.802. The predicted molar refractivity (Wildman–Crippen MR) is 68.7 cm³/mol. The maximum absolute atomic E-state index is 5.72. The summed E-state index contributed by atoms with van der Waals surface area (Å²) in [6.45, 7) is 0.941. The van der Waals surface area contributed by atoms with E-state index < -0.39 is 0 Å². The van der Waals surface area contributed by atoms with Gasteiger partial charge in [-0.1, -0.05) is 0 Å². The van der Waals surface area contributed by atoms with E-state index in [4.69, 9.17) is 11.6 Å². The van der Waals surface area contributed by atoms with Crippen molar-refractivity contribution in [3.8, 4) is 0 Å². The summed E-state index contributed by atoms with van der Waals surface area (Å²) in [6, 6.07) is 0. The molecule has 1 unspecified atom stereocenters. The molecule has 0 amide bonds. The Kier molecular flexibility index (Phi) is 4.11. The van der Waals surface area contributed by atoms with Crippen molar-refractivity contribution in [2.75, 3.05) is 17.6 Å². The molecule has 0 saturated carbocycles. The first-order valence-electron chi connectivity index (χ1n) is 4.79. The molecular weight excluding hydrogens is 298 g/mol. The summed E-state index contributed by atoms with van der Waals surface area (Å²) < 4.78 is 0.856. The van der Waals surface area contributed by atoms with Crippen molar-refractivity contribution in [3.05, 3.63) is 16.0 Å². The van der Waals surface area contributed by atoms with Crippen LogP contribution in [0.15, 0.2) is 10.7 Å². The molecule has 2 rings (SSSR count). The highest BCUT2D eigenvalue weighted by molar-refractivity contribution is 9.10. The number of halogens is 2. The van der Waals surface area contributed by atoms with E-state index in [2.05, 4.69) is 31.2 Å². The van der Waals surface area contributed by atoms with Crippen LogP contribution in [0.1, 0.15) is 12.8 Å². The molecule has 1 aliphatic heterocycles. The van der Waals surface area contributed by atoms with Gasteiger partial charge in [-0.2, -0.15) is 16.7 Å². The Morgan fingerprint density at radius 1 is 1.67 bits per heavy atom. The van der Waals surface area contributed by atoms with Crippen LogP contribution in [0.2, 0.25) is 5.28 Å². The van der Waals surface area contributed by atoms with Crippen molar-refractivity contribution in [1.82, 2.24) is 9.97 Å². The third kappa shape index (κ3) is 3.23. The van der Waals surface area contributed by atoms with E-state index in [0.717, 1.165) is 16.8 Å². The molecular formula is C9H11BrClN3S. The smallest absolute Gasteiger partial charge is 0.224 e. The molecule has 0 radical (unpaired) electrons. The van der Waals surface area contributed by atoms with Crippen molar-refractivity contribution in [3.63, 3.8) is 0 Å². The molecule has 1 aromatic heterocycles. The third-order valence-corrected chi connectivity index (χ3v) is 4.40. The van der Waals surface area contributed by atoms with Gasteiger partial charge >= 0.3 is 0 Å². The molecule has 0 spiro atoms. The first kappa shape index (κ1) is 11.5. The van der Waals surface area contributed by atoms with E-state index in [1.807, 2.05) is 11.8 Å². The number of hydrogen-bond donors (Lipinski definition) is 1. The lowest BCUT2D eigenvalue weighted by Gasteiger charge is -2.11. The third-order valence-electron chi connectivity index (χ3n) is 2.24. The molecule has 15 heavy (non-hydrogen) atoms. The number of nitrogens with zero attached hydrogens (tertiary/aromatic N) is 2. The molecule has 1 saturated heterocycles. The molecule has 1 aromatic rings. The fourth-order valence-corrected chi connectivity index (χ4v) is 3.15. The summed E-state index contributed by atoms with van der Waals surface area (Å²) in [5.41, 5.74) is 0. The van der Waals surface area contributed by atoms with Crippen LogP contribution in [0.25, 0.3) is 0 Å². The maximum Gasteiger partial charge on any atom is 0.224 e. The highest BCUT2D eigenvalue weighted by Gasteiger charge is 2.15. The minimum Gasteiger partial charge on any atom is -0.368 e. The zero-order chi connectivity index (χ0) is 10.7. The van der Waals surface area contributed by atoms with Crippen molar-refractivity contribution in [2.45, 2.75) is 18.1 Å². The van der Waals surface area contributed by atoms with Crippen LogP contribution >= 0.6 is 39.3 Å². The molecule has 1 N–H and O–H groups in total. The number of rotatable bonds is 3. The highest BCUT2D eigenvalue weighted by atomic mass is 79.9. The van der Waals surface area contributed by atoms with Crippen molar-refractivity contribution >= 4 is 45.1 Å². The quantitative estimate of drug-likeness (QED) is 0.870. The van der Waals surface area contributed by atoms with Crippen LogP contribution in [-0.4, -0.2) is 27.5 Å². The largest absolute Gasteiger partial charge is 0.368 e. The lowest BCUT2D eigenvalue weighted by atomic mass is 10.2. The van der Waals surface area contributed by atoms with Gasteiger partial charge in [0, 0.05) is 18.0 Å². The predicted octanol–water partition coefficient (Wildman–Crippen LogP) is 3.20. The number of hydrogen-bond acceptors (Lipinski definition) is 4. The van der Waals surface area contributed by atoms with E-state index in [0.29, 0.717) is 5.25 Å². The average molecular weight is 309 g/mol. The Balaban J connectivity index is 1.94. The van der Waals surface area contributed by atoms with E-state index >= 15 is 0 Å². The summed E-state index contributed by atoms with van der Waals surface area (Å²) in [4.78, 5) is 8.00. The van der Waals surface area contributed by atoms with Crippen LogP contribution in [0.3, 0.4) is 0 Å². The van der Waals surface area contributed by atoms with Gasteiger partial charge in [-0.15, -0.1) is 0 Å². The Morgan fingerprint density at radius 3 is 3.27 bits per heavy atom. The van der Waals surface area contributed by atoms with Gasteiger partial charge in [0.15, 0.2) is 0 Å². The van der Waals surface area contributed by atoms with Gasteiger partial charge < -0.3 is 5.32 Å². The molecule has 6 heteroatoms. The van der Waals surface area contributed by atoms with Crippen molar-refractivity contribution < 1.29 is 0 Å². The van der Waals surface area contributed by atoms with E-state index in [-0.39, 0.29) is 5.28 Å². The van der Waals surface area contributed by atoms with Crippen LogP contribution in [0, 0.1) is 0 Å². The van der Waals surface area contributed by atoms with Crippen LogP contribution in [0.5, 0.6) is 0 Å². The Morgan fingerprint density at radius 2 is 2.53 bits per heavy atom. The summed E-state index contributed by atoms with van der Waals surface area (Å²) in [7, 11) is 0. The zero-order valence-electron chi connectivity index (χ0n) is 8.04.